The molecule has 0 amide bonds. The van der Waals surface area contributed by atoms with Crippen molar-refractivity contribution in [3.05, 3.63) is 115 Å². The fourth-order valence-corrected chi connectivity index (χ4v) is 5.52. The summed E-state index contributed by atoms with van der Waals surface area (Å²) >= 11 is 0. The molecule has 0 saturated carbocycles. The SMILES string of the molecule is CCN(Cc1cccc(S(=O)(=O)[O-])c1)c1ccc(N=Nc2ccc(N=Nc3ccccc3)c3ccc(S(=O)(=O)[O-])cc23)cc1.[Na+].[Na+]. The largest absolute Gasteiger partial charge is 1.00 e. The summed E-state index contributed by atoms with van der Waals surface area (Å²) in [6, 6.07) is 29.5. The molecule has 0 aliphatic heterocycles. The van der Waals surface area contributed by atoms with E-state index in [0.717, 1.165) is 5.69 Å². The summed E-state index contributed by atoms with van der Waals surface area (Å²) in [4.78, 5) is 1.32. The van der Waals surface area contributed by atoms with Crippen molar-refractivity contribution in [1.82, 2.24) is 0 Å². The topological polar surface area (TPSA) is 167 Å². The smallest absolute Gasteiger partial charge is 0.744 e. The van der Waals surface area contributed by atoms with Gasteiger partial charge in [0.05, 0.1) is 32.5 Å². The maximum Gasteiger partial charge on any atom is 1.00 e. The van der Waals surface area contributed by atoms with Crippen LogP contribution in [0.4, 0.5) is 28.4 Å². The number of hydrogen-bond donors (Lipinski definition) is 0. The van der Waals surface area contributed by atoms with Gasteiger partial charge in [-0.05, 0) is 85.3 Å². The van der Waals surface area contributed by atoms with Gasteiger partial charge >= 0.3 is 59.1 Å². The quantitative estimate of drug-likeness (QED) is 0.123. The van der Waals surface area contributed by atoms with Crippen molar-refractivity contribution in [2.75, 3.05) is 11.4 Å². The van der Waals surface area contributed by atoms with E-state index < -0.39 is 25.1 Å². The van der Waals surface area contributed by atoms with E-state index in [1.54, 1.807) is 42.5 Å². The molecule has 15 heteroatoms. The van der Waals surface area contributed by atoms with Crippen LogP contribution in [0, 0.1) is 0 Å². The molecule has 0 fully saturated rings. The first-order chi connectivity index (χ1) is 21.0. The normalized spacial score (nSPS) is 11.8. The van der Waals surface area contributed by atoms with Gasteiger partial charge in [-0.15, -0.1) is 10.2 Å². The van der Waals surface area contributed by atoms with Crippen LogP contribution in [0.5, 0.6) is 0 Å². The molecule has 5 rings (SSSR count). The van der Waals surface area contributed by atoms with Gasteiger partial charge in [-0.25, -0.2) is 16.8 Å². The van der Waals surface area contributed by atoms with Gasteiger partial charge in [0, 0.05) is 29.5 Å². The van der Waals surface area contributed by atoms with Gasteiger partial charge in [0.15, 0.2) is 0 Å². The van der Waals surface area contributed by atoms with E-state index in [2.05, 4.69) is 20.5 Å². The second-order valence-corrected chi connectivity index (χ2v) is 12.4. The molecule has 0 saturated heterocycles. The fraction of sp³-hybridized carbons (Fsp3) is 0.0968. The minimum atomic E-state index is -4.72. The van der Waals surface area contributed by atoms with Crippen molar-refractivity contribution in [2.24, 2.45) is 20.5 Å². The van der Waals surface area contributed by atoms with Crippen molar-refractivity contribution in [2.45, 2.75) is 23.3 Å². The number of rotatable bonds is 10. The van der Waals surface area contributed by atoms with Crippen LogP contribution < -0.4 is 64.0 Å². The first-order valence-corrected chi connectivity index (χ1v) is 16.1. The van der Waals surface area contributed by atoms with E-state index >= 15 is 0 Å². The molecule has 0 aromatic heterocycles. The molecule has 0 aliphatic carbocycles. The Bertz CT molecular complexity index is 2100. The minimum absolute atomic E-state index is 0. The Balaban J connectivity index is 0.00000288. The van der Waals surface area contributed by atoms with E-state index in [9.17, 15) is 25.9 Å². The van der Waals surface area contributed by atoms with Crippen LogP contribution in [-0.2, 0) is 26.8 Å². The molecule has 0 unspecified atom stereocenters. The van der Waals surface area contributed by atoms with E-state index in [-0.39, 0.29) is 64.0 Å². The number of anilines is 1. The van der Waals surface area contributed by atoms with Gasteiger partial charge in [0.25, 0.3) is 0 Å². The Labute approximate surface area is 311 Å². The van der Waals surface area contributed by atoms with Gasteiger partial charge in [-0.2, -0.15) is 10.2 Å². The van der Waals surface area contributed by atoms with Crippen molar-refractivity contribution >= 4 is 59.4 Å². The monoisotopic (exact) mass is 673 g/mol. The number of hydrogen-bond acceptors (Lipinski definition) is 11. The van der Waals surface area contributed by atoms with Crippen molar-refractivity contribution in [1.29, 1.82) is 0 Å². The van der Waals surface area contributed by atoms with Crippen LogP contribution >= 0.6 is 0 Å². The molecule has 0 aliphatic rings. The predicted octanol–water partition coefficient (Wildman–Crippen LogP) is 1.51. The molecule has 46 heavy (non-hydrogen) atoms. The molecule has 0 N–H and O–H groups in total. The zero-order valence-corrected chi connectivity index (χ0v) is 30.9. The van der Waals surface area contributed by atoms with Crippen LogP contribution in [0.3, 0.4) is 0 Å². The number of benzene rings is 5. The summed E-state index contributed by atoms with van der Waals surface area (Å²) in [6.07, 6.45) is 0. The molecule has 5 aromatic carbocycles. The van der Waals surface area contributed by atoms with Crippen molar-refractivity contribution < 1.29 is 85.1 Å². The van der Waals surface area contributed by atoms with E-state index in [1.165, 1.54) is 36.4 Å². The van der Waals surface area contributed by atoms with Crippen molar-refractivity contribution in [3.63, 3.8) is 0 Å². The first-order valence-electron chi connectivity index (χ1n) is 13.3. The summed E-state index contributed by atoms with van der Waals surface area (Å²) < 4.78 is 69.5. The van der Waals surface area contributed by atoms with Crippen LogP contribution in [0.15, 0.2) is 139 Å². The summed E-state index contributed by atoms with van der Waals surface area (Å²) in [5, 5.41) is 18.1. The Hall–Kier alpha value is -2.82. The Morgan fingerprint density at radius 1 is 0.587 bits per heavy atom. The molecule has 0 atom stereocenters. The van der Waals surface area contributed by atoms with Gasteiger partial charge in [-0.3, -0.25) is 0 Å². The second kappa shape index (κ2) is 16.3. The third-order valence-corrected chi connectivity index (χ3v) is 8.35. The van der Waals surface area contributed by atoms with Crippen LogP contribution in [0.2, 0.25) is 0 Å². The van der Waals surface area contributed by atoms with E-state index in [4.69, 9.17) is 0 Å². The molecule has 0 spiro atoms. The third kappa shape index (κ3) is 9.61. The summed E-state index contributed by atoms with van der Waals surface area (Å²) in [5.41, 5.74) is 3.45. The second-order valence-electron chi connectivity index (χ2n) is 9.63. The maximum absolute atomic E-state index is 11.8. The minimum Gasteiger partial charge on any atom is -0.744 e. The van der Waals surface area contributed by atoms with Crippen LogP contribution in [-0.4, -0.2) is 32.5 Å². The number of azo groups is 2. The number of nitrogens with zero attached hydrogens (tertiary/aromatic N) is 5. The van der Waals surface area contributed by atoms with Crippen LogP contribution in [0.1, 0.15) is 12.5 Å². The van der Waals surface area contributed by atoms with Gasteiger partial charge in [-0.1, -0.05) is 36.4 Å². The molecule has 0 heterocycles. The number of fused-ring (bicyclic) bond motifs is 1. The first kappa shape index (κ1) is 37.6. The summed E-state index contributed by atoms with van der Waals surface area (Å²) in [5.74, 6) is 0. The van der Waals surface area contributed by atoms with Crippen molar-refractivity contribution in [3.8, 4) is 0 Å². The van der Waals surface area contributed by atoms with Gasteiger partial charge in [0.1, 0.15) is 20.2 Å². The van der Waals surface area contributed by atoms with E-state index in [0.29, 0.717) is 52.2 Å². The average Bonchev–Trinajstić information content (AvgIpc) is 3.01. The predicted molar refractivity (Wildman–Crippen MR) is 164 cm³/mol. The maximum atomic E-state index is 11.8. The van der Waals surface area contributed by atoms with E-state index in [1.807, 2.05) is 42.2 Å². The summed E-state index contributed by atoms with van der Waals surface area (Å²) in [7, 11) is -9.28. The molecule has 5 aromatic rings. The zero-order chi connectivity index (χ0) is 31.3. The Kier molecular flexibility index (Phi) is 13.4. The van der Waals surface area contributed by atoms with Crippen LogP contribution in [0.25, 0.3) is 10.8 Å². The molecular formula is C31H25N5Na2O6S2. The Morgan fingerprint density at radius 2 is 1.15 bits per heavy atom. The third-order valence-electron chi connectivity index (χ3n) is 6.69. The average molecular weight is 674 g/mol. The zero-order valence-electron chi connectivity index (χ0n) is 25.3. The fourth-order valence-electron chi connectivity index (χ4n) is 4.48. The molecule has 0 radical (unpaired) electrons. The molecule has 11 nitrogen and oxygen atoms in total. The molecular weight excluding hydrogens is 648 g/mol. The standard InChI is InChI=1S/C31H27N5O6S2.2Na/c1-2-36(21-22-7-6-10-26(19-22)43(37,38)39)25-13-11-24(12-14-25)33-35-31-18-17-30(34-32-23-8-4-3-5-9-23)28-16-15-27(20-29(28)31)44(40,41)42;;/h3-20H,2,21H2,1H3,(H,37,38,39)(H,40,41,42);;/q;2*+1/p-2. The van der Waals surface area contributed by atoms with Gasteiger partial charge in [0.2, 0.25) is 0 Å². The Morgan fingerprint density at radius 3 is 1.74 bits per heavy atom. The molecule has 224 valence electrons. The summed E-state index contributed by atoms with van der Waals surface area (Å²) in [6.45, 7) is 2.94. The molecule has 0 bridgehead atoms. The van der Waals surface area contributed by atoms with Gasteiger partial charge < -0.3 is 14.0 Å².